The zero-order valence-electron chi connectivity index (χ0n) is 14.9. The van der Waals surface area contributed by atoms with Crippen molar-refractivity contribution in [3.63, 3.8) is 0 Å². The number of carbonyl (C=O) groups is 2. The highest BCUT2D eigenvalue weighted by Crippen LogP contribution is 2.36. The van der Waals surface area contributed by atoms with Crippen LogP contribution in [0.15, 0.2) is 40.7 Å². The number of benzene rings is 1. The number of nitrogens with zero attached hydrogens (tertiary/aromatic N) is 3. The Kier molecular flexibility index (Phi) is 5.73. The van der Waals surface area contributed by atoms with Crippen molar-refractivity contribution in [3.8, 4) is 11.3 Å². The van der Waals surface area contributed by atoms with Crippen LogP contribution >= 0.6 is 46.9 Å². The van der Waals surface area contributed by atoms with E-state index >= 15 is 0 Å². The molecule has 0 aliphatic carbocycles. The van der Waals surface area contributed by atoms with Crippen molar-refractivity contribution in [2.24, 2.45) is 0 Å². The molecule has 0 radical (unpaired) electrons. The second kappa shape index (κ2) is 8.27. The number of hydrogen-bond donors (Lipinski definition) is 1. The fourth-order valence-electron chi connectivity index (χ4n) is 2.97. The molecule has 1 saturated heterocycles. The first-order valence-electron chi connectivity index (χ1n) is 8.62. The summed E-state index contributed by atoms with van der Waals surface area (Å²) in [6, 6.07) is 7.39. The molecule has 1 N–H and O–H groups in total. The van der Waals surface area contributed by atoms with Gasteiger partial charge in [-0.25, -0.2) is 4.98 Å². The van der Waals surface area contributed by atoms with Gasteiger partial charge in [0.05, 0.1) is 16.3 Å². The topological polar surface area (TPSA) is 74.9 Å². The number of thiocarbonyl (C=S) groups is 1. The number of imidazole rings is 1. The number of carboxylic acids is 1. The van der Waals surface area contributed by atoms with Crippen molar-refractivity contribution in [1.29, 1.82) is 0 Å². The lowest BCUT2D eigenvalue weighted by Gasteiger charge is -2.13. The van der Waals surface area contributed by atoms with Gasteiger partial charge in [-0.15, -0.1) is 11.3 Å². The number of fused-ring (bicyclic) bond motifs is 1. The van der Waals surface area contributed by atoms with Gasteiger partial charge in [-0.1, -0.05) is 47.7 Å². The quantitative estimate of drug-likeness (QED) is 0.418. The number of hydrogen-bond acceptors (Lipinski definition) is 6. The summed E-state index contributed by atoms with van der Waals surface area (Å²) in [4.78, 5) is 31.1. The number of thioether (sulfide) groups is 1. The molecule has 6 nitrogen and oxygen atoms in total. The predicted molar refractivity (Wildman–Crippen MR) is 120 cm³/mol. The van der Waals surface area contributed by atoms with E-state index in [4.69, 9.17) is 33.9 Å². The lowest BCUT2D eigenvalue weighted by molar-refractivity contribution is -0.137. The van der Waals surface area contributed by atoms with E-state index in [0.29, 0.717) is 27.2 Å². The summed E-state index contributed by atoms with van der Waals surface area (Å²) in [7, 11) is 0. The average molecular weight is 464 g/mol. The first-order chi connectivity index (χ1) is 13.9. The number of halogens is 1. The highest BCUT2D eigenvalue weighted by atomic mass is 35.5. The van der Waals surface area contributed by atoms with E-state index in [1.807, 2.05) is 28.1 Å². The number of rotatable bonds is 6. The van der Waals surface area contributed by atoms with Gasteiger partial charge in [-0.2, -0.15) is 0 Å². The molecule has 148 valence electrons. The molecule has 3 aromatic rings. The second-order valence-corrected chi connectivity index (χ2v) is 9.22. The Bertz CT molecular complexity index is 1150. The van der Waals surface area contributed by atoms with Crippen LogP contribution in [0.25, 0.3) is 22.3 Å². The summed E-state index contributed by atoms with van der Waals surface area (Å²) in [5.41, 5.74) is 2.44. The molecule has 0 unspecified atom stereocenters. The van der Waals surface area contributed by atoms with Gasteiger partial charge in [0.25, 0.3) is 5.91 Å². The number of carbonyl (C=O) groups excluding carboxylic acids is 1. The summed E-state index contributed by atoms with van der Waals surface area (Å²) >= 11 is 14.1. The average Bonchev–Trinajstić information content (AvgIpc) is 3.33. The van der Waals surface area contributed by atoms with Gasteiger partial charge in [-0.3, -0.25) is 18.9 Å². The zero-order valence-corrected chi connectivity index (χ0v) is 18.1. The summed E-state index contributed by atoms with van der Waals surface area (Å²) in [5, 5.41) is 11.4. The molecule has 1 amide bonds. The van der Waals surface area contributed by atoms with Crippen molar-refractivity contribution < 1.29 is 14.7 Å². The van der Waals surface area contributed by atoms with Crippen LogP contribution in [0.4, 0.5) is 0 Å². The molecule has 3 heterocycles. The minimum atomic E-state index is -0.891. The lowest BCUT2D eigenvalue weighted by atomic mass is 10.1. The van der Waals surface area contributed by atoms with Crippen LogP contribution in [0.5, 0.6) is 0 Å². The lowest BCUT2D eigenvalue weighted by Crippen LogP contribution is -2.29. The van der Waals surface area contributed by atoms with E-state index in [2.05, 4.69) is 0 Å². The summed E-state index contributed by atoms with van der Waals surface area (Å²) < 4.78 is 2.37. The maximum atomic E-state index is 12.8. The molecular formula is C19H14ClN3O3S3. The molecule has 1 aliphatic rings. The summed E-state index contributed by atoms with van der Waals surface area (Å²) in [6.45, 7) is 0.290. The molecule has 1 aromatic carbocycles. The third kappa shape index (κ3) is 4.09. The van der Waals surface area contributed by atoms with E-state index in [-0.39, 0.29) is 12.3 Å². The Balaban J connectivity index is 1.69. The molecule has 0 saturated carbocycles. The van der Waals surface area contributed by atoms with Crippen molar-refractivity contribution in [2.75, 3.05) is 6.54 Å². The summed E-state index contributed by atoms with van der Waals surface area (Å²) in [5.74, 6) is -1.10. The van der Waals surface area contributed by atoms with Gasteiger partial charge in [0.2, 0.25) is 0 Å². The smallest absolute Gasteiger partial charge is 0.303 e. The number of thiazole rings is 1. The van der Waals surface area contributed by atoms with Crippen LogP contribution in [0, 0.1) is 0 Å². The van der Waals surface area contributed by atoms with Crippen molar-refractivity contribution in [1.82, 2.24) is 14.3 Å². The van der Waals surface area contributed by atoms with Gasteiger partial charge in [0.15, 0.2) is 4.96 Å². The van der Waals surface area contributed by atoms with Crippen molar-refractivity contribution in [2.45, 2.75) is 12.8 Å². The third-order valence-electron chi connectivity index (χ3n) is 4.33. The maximum Gasteiger partial charge on any atom is 0.303 e. The standard InChI is InChI=1S/C19H14ClN3O3S3/c20-12-5-3-11(4-6-12)16-13(22-8-9-28-18(22)21-16)10-14-17(26)23(19(27)29-14)7-1-2-15(24)25/h3-6,8-10H,1-2,7H2,(H,24,25)/b14-10+. The number of aromatic nitrogens is 2. The fourth-order valence-corrected chi connectivity index (χ4v) is 5.10. The SMILES string of the molecule is O=C(O)CCCN1C(=O)/C(=C\c2c(-c3ccc(Cl)cc3)nc3sccn23)SC1=S. The van der Waals surface area contributed by atoms with Crippen molar-refractivity contribution in [3.05, 3.63) is 51.5 Å². The highest BCUT2D eigenvalue weighted by molar-refractivity contribution is 8.26. The van der Waals surface area contributed by atoms with E-state index in [9.17, 15) is 9.59 Å². The number of amides is 1. The van der Waals surface area contributed by atoms with Crippen molar-refractivity contribution >= 4 is 74.2 Å². The van der Waals surface area contributed by atoms with Crippen LogP contribution in [0.1, 0.15) is 18.5 Å². The normalized spacial score (nSPS) is 15.8. The van der Waals surface area contributed by atoms with Crippen LogP contribution in [-0.4, -0.2) is 42.1 Å². The van der Waals surface area contributed by atoms with E-state index in [1.54, 1.807) is 18.2 Å². The van der Waals surface area contributed by atoms with Crippen LogP contribution in [0.2, 0.25) is 5.02 Å². The van der Waals surface area contributed by atoms with Gasteiger partial charge in [0.1, 0.15) is 4.32 Å². The molecule has 0 atom stereocenters. The molecule has 0 spiro atoms. The Morgan fingerprint density at radius 1 is 1.31 bits per heavy atom. The van der Waals surface area contributed by atoms with Gasteiger partial charge >= 0.3 is 5.97 Å². The largest absolute Gasteiger partial charge is 0.481 e. The highest BCUT2D eigenvalue weighted by Gasteiger charge is 2.32. The van der Waals surface area contributed by atoms with E-state index < -0.39 is 5.97 Å². The Hall–Kier alpha value is -2.20. The molecular weight excluding hydrogens is 450 g/mol. The number of carboxylic acid groups (broad SMARTS) is 1. The Morgan fingerprint density at radius 2 is 2.07 bits per heavy atom. The zero-order chi connectivity index (χ0) is 20.5. The first kappa shape index (κ1) is 20.1. The van der Waals surface area contributed by atoms with Crippen LogP contribution in [-0.2, 0) is 9.59 Å². The molecule has 4 rings (SSSR count). The van der Waals surface area contributed by atoms with Crippen LogP contribution < -0.4 is 0 Å². The monoisotopic (exact) mass is 463 g/mol. The minimum Gasteiger partial charge on any atom is -0.481 e. The molecule has 0 bridgehead atoms. The Labute approximate surface area is 184 Å². The minimum absolute atomic E-state index is 0.00499. The molecule has 29 heavy (non-hydrogen) atoms. The Morgan fingerprint density at radius 3 is 2.79 bits per heavy atom. The van der Waals surface area contributed by atoms with E-state index in [0.717, 1.165) is 21.9 Å². The maximum absolute atomic E-state index is 12.8. The molecule has 1 fully saturated rings. The predicted octanol–water partition coefficient (Wildman–Crippen LogP) is 4.78. The first-order valence-corrected chi connectivity index (χ1v) is 11.1. The van der Waals surface area contributed by atoms with Gasteiger partial charge in [-0.05, 0) is 24.6 Å². The molecule has 10 heteroatoms. The summed E-state index contributed by atoms with van der Waals surface area (Å²) in [6.07, 6.45) is 4.06. The van der Waals surface area contributed by atoms with Crippen LogP contribution in [0.3, 0.4) is 0 Å². The van der Waals surface area contributed by atoms with Gasteiger partial charge in [0, 0.05) is 35.1 Å². The fraction of sp³-hybridized carbons (Fsp3) is 0.158. The molecule has 1 aliphatic heterocycles. The van der Waals surface area contributed by atoms with E-state index in [1.165, 1.54) is 28.0 Å². The van der Waals surface area contributed by atoms with Gasteiger partial charge < -0.3 is 5.11 Å². The second-order valence-electron chi connectivity index (χ2n) is 6.24. The number of aliphatic carboxylic acids is 1. The third-order valence-corrected chi connectivity index (χ3v) is 6.72. The molecule has 2 aromatic heterocycles.